The maximum Gasteiger partial charge on any atom is 0.144 e. The summed E-state index contributed by atoms with van der Waals surface area (Å²) >= 11 is 0. The van der Waals surface area contributed by atoms with E-state index in [9.17, 15) is 0 Å². The molecule has 0 aliphatic heterocycles. The van der Waals surface area contributed by atoms with Crippen molar-refractivity contribution < 1.29 is 19.3 Å². The van der Waals surface area contributed by atoms with Crippen molar-refractivity contribution in [2.45, 2.75) is 298 Å². The molecule has 9 aromatic carbocycles. The highest BCUT2D eigenvalue weighted by Gasteiger charge is 2.51. The highest BCUT2D eigenvalue weighted by molar-refractivity contribution is 5.67. The average Bonchev–Trinajstić information content (AvgIpc) is 0.696. The van der Waals surface area contributed by atoms with Crippen LogP contribution in [0, 0.1) is 0 Å². The lowest BCUT2D eigenvalue weighted by atomic mass is 9.65. The highest BCUT2D eigenvalue weighted by Crippen LogP contribution is 2.57. The van der Waals surface area contributed by atoms with Crippen LogP contribution in [0.2, 0.25) is 0 Å². The van der Waals surface area contributed by atoms with Crippen LogP contribution >= 0.6 is 0 Å². The van der Waals surface area contributed by atoms with Crippen LogP contribution < -0.4 is 0 Å². The van der Waals surface area contributed by atoms with Gasteiger partial charge in [0.2, 0.25) is 0 Å². The van der Waals surface area contributed by atoms with Gasteiger partial charge in [0.05, 0.1) is 0 Å². The Kier molecular flexibility index (Phi) is 24.0. The highest BCUT2D eigenvalue weighted by atomic mass is 16.5. The summed E-state index contributed by atoms with van der Waals surface area (Å²) in [6, 6.07) is 69.7. The molecule has 572 valence electrons. The summed E-state index contributed by atoms with van der Waals surface area (Å²) in [5.74, 6) is -0.0615. The second-order valence-corrected chi connectivity index (χ2v) is 39.3. The summed E-state index contributed by atoms with van der Waals surface area (Å²) < 4.78 is 23.6. The molecule has 4 heteroatoms. The monoisotopic (exact) mass is 1440 g/mol. The van der Waals surface area contributed by atoms with Crippen LogP contribution in [0.5, 0.6) is 0 Å². The van der Waals surface area contributed by atoms with Gasteiger partial charge in [-0.05, 0) is 220 Å². The van der Waals surface area contributed by atoms with Gasteiger partial charge in [0.15, 0.2) is 0 Å². The van der Waals surface area contributed by atoms with Crippen molar-refractivity contribution in [3.63, 3.8) is 0 Å². The fourth-order valence-electron chi connectivity index (χ4n) is 16.7. The van der Waals surface area contributed by atoms with Gasteiger partial charge < -0.3 is 19.3 Å². The molecule has 9 aromatic rings. The number of methoxy groups -OCH3 is 3. The third-order valence-corrected chi connectivity index (χ3v) is 23.6. The van der Waals surface area contributed by atoms with Crippen molar-refractivity contribution in [2.75, 3.05) is 21.3 Å². The number of ether oxygens (including phenoxy) is 3. The molecule has 0 radical (unpaired) electrons. The van der Waals surface area contributed by atoms with Crippen LogP contribution in [-0.2, 0) is 69.1 Å². The molecule has 1 N–H and O–H groups in total. The van der Waals surface area contributed by atoms with E-state index in [4.69, 9.17) is 14.2 Å². The van der Waals surface area contributed by atoms with Crippen molar-refractivity contribution in [3.8, 4) is 0 Å². The van der Waals surface area contributed by atoms with Crippen LogP contribution in [0.25, 0.3) is 0 Å². The second-order valence-electron chi connectivity index (χ2n) is 39.3. The number of aliphatic hydroxyl groups is 1. The lowest BCUT2D eigenvalue weighted by Gasteiger charge is -2.45. The second kappa shape index (κ2) is 30.6. The van der Waals surface area contributed by atoms with Gasteiger partial charge in [-0.3, -0.25) is 0 Å². The Bertz CT molecular complexity index is 4160. The quantitative estimate of drug-likeness (QED) is 0.0729. The molecule has 0 spiro atoms. The van der Waals surface area contributed by atoms with E-state index in [1.165, 1.54) is 44.5 Å². The zero-order valence-corrected chi connectivity index (χ0v) is 72.5. The molecule has 0 aliphatic rings. The number of rotatable bonds is 21. The van der Waals surface area contributed by atoms with Gasteiger partial charge in [0.25, 0.3) is 0 Å². The van der Waals surface area contributed by atoms with Crippen molar-refractivity contribution in [1.29, 1.82) is 0 Å². The van der Waals surface area contributed by atoms with Crippen LogP contribution in [0.1, 0.15) is 377 Å². The standard InChI is InChI=1S/C103H136O4/c1-64(2)82-58-85(67(7)8)91(61-88(82)100(104,76-46-34-70(35-47-76)94(13,14)15)77-48-36-71(37-49-77)95(16,17)18)103(107-33,92-62-89(83(65(3)4)59-86(92)68(9)10)101(105-31,78-50-38-72(39-51-78)96(19,20)21)79-52-40-73(41-53-79)97(22,23)24)93-63-90(84(66(5)6)60-87(93)69(11)12)102(106-32,80-54-42-74(43-55-80)98(25,26)27)81-56-44-75(45-57-81)99(28,29)30/h34-69,104H,1-33H3. The number of hydrogen-bond acceptors (Lipinski definition) is 4. The minimum absolute atomic E-state index is 0.0256. The topological polar surface area (TPSA) is 47.9 Å². The molecule has 0 saturated heterocycles. The van der Waals surface area contributed by atoms with Crippen LogP contribution in [0.3, 0.4) is 0 Å². The lowest BCUT2D eigenvalue weighted by Crippen LogP contribution is -2.40. The van der Waals surface area contributed by atoms with Crippen molar-refractivity contribution >= 4 is 0 Å². The van der Waals surface area contributed by atoms with Gasteiger partial charge in [-0.15, -0.1) is 0 Å². The molecule has 0 saturated carbocycles. The number of hydrogen-bond donors (Lipinski definition) is 1. The first-order chi connectivity index (χ1) is 49.5. The van der Waals surface area contributed by atoms with E-state index >= 15 is 5.11 Å². The molecule has 0 aliphatic carbocycles. The summed E-state index contributed by atoms with van der Waals surface area (Å²) in [5, 5.41) is 15.2. The van der Waals surface area contributed by atoms with E-state index in [-0.39, 0.29) is 68.0 Å². The van der Waals surface area contributed by atoms with Crippen LogP contribution in [-0.4, -0.2) is 26.4 Å². The first-order valence-electron chi connectivity index (χ1n) is 40.1. The molecule has 107 heavy (non-hydrogen) atoms. The van der Waals surface area contributed by atoms with Gasteiger partial charge in [-0.1, -0.05) is 372 Å². The Morgan fingerprint density at radius 1 is 0.196 bits per heavy atom. The summed E-state index contributed by atoms with van der Waals surface area (Å²) in [6.45, 7) is 69.1. The lowest BCUT2D eigenvalue weighted by molar-refractivity contribution is 0.0476. The Labute approximate surface area is 650 Å². The fourth-order valence-corrected chi connectivity index (χ4v) is 16.7. The van der Waals surface area contributed by atoms with Crippen LogP contribution in [0.15, 0.2) is 182 Å². The first-order valence-corrected chi connectivity index (χ1v) is 40.1. The fraction of sp³-hybridized carbons (Fsp3) is 0.476. The zero-order chi connectivity index (χ0) is 79.7. The minimum atomic E-state index is -1.69. The van der Waals surface area contributed by atoms with Gasteiger partial charge in [0, 0.05) is 21.3 Å². The summed E-state index contributed by atoms with van der Waals surface area (Å²) in [5.41, 5.74) is 19.6. The van der Waals surface area contributed by atoms with Crippen molar-refractivity contribution in [2.24, 2.45) is 0 Å². The SMILES string of the molecule is COC(c1ccc(C(C)(C)C)cc1)(c1ccc(C(C)(C)C)cc1)c1cc(C(OC)(c2cc(C(O)(c3ccc(C(C)(C)C)cc3)c3ccc(C(C)(C)C)cc3)c(C(C)C)cc2C(C)C)c2cc(C(OC)(c3ccc(C(C)(C)C)cc3)c3ccc(C(C)(C)C)cc3)c(C(C)C)cc2C(C)C)c(C(C)C)cc1C(C)C. The first kappa shape index (κ1) is 83.9. The van der Waals surface area contributed by atoms with Gasteiger partial charge in [0.1, 0.15) is 22.4 Å². The van der Waals surface area contributed by atoms with Crippen LogP contribution in [0.4, 0.5) is 0 Å². The Hall–Kier alpha value is -7.18. The third kappa shape index (κ3) is 15.8. The number of benzene rings is 9. The van der Waals surface area contributed by atoms with E-state index in [1.54, 1.807) is 0 Å². The molecular weight excluding hydrogens is 1300 g/mol. The van der Waals surface area contributed by atoms with Gasteiger partial charge >= 0.3 is 0 Å². The third-order valence-electron chi connectivity index (χ3n) is 23.6. The average molecular weight is 1440 g/mol. The molecule has 9 rings (SSSR count). The van der Waals surface area contributed by atoms with Gasteiger partial charge in [-0.2, -0.15) is 0 Å². The van der Waals surface area contributed by atoms with Crippen molar-refractivity contribution in [1.82, 2.24) is 0 Å². The zero-order valence-electron chi connectivity index (χ0n) is 72.5. The molecule has 0 amide bonds. The summed E-state index contributed by atoms with van der Waals surface area (Å²) in [7, 11) is 5.79. The molecule has 0 fully saturated rings. The molecule has 0 unspecified atom stereocenters. The predicted octanol–water partition coefficient (Wildman–Crippen LogP) is 27.3. The maximum absolute atomic E-state index is 15.2. The summed E-state index contributed by atoms with van der Waals surface area (Å²) in [6.07, 6.45) is 0. The Balaban J connectivity index is 1.64. The molecular formula is C103H136O4. The van der Waals surface area contributed by atoms with E-state index in [0.29, 0.717) is 0 Å². The Morgan fingerprint density at radius 3 is 0.495 bits per heavy atom. The normalized spacial score (nSPS) is 13.6. The van der Waals surface area contributed by atoms with E-state index in [1.807, 2.05) is 21.3 Å². The van der Waals surface area contributed by atoms with E-state index < -0.39 is 22.4 Å². The largest absolute Gasteiger partial charge is 0.376 e. The van der Waals surface area contributed by atoms with E-state index in [0.717, 1.165) is 89.0 Å². The van der Waals surface area contributed by atoms with Crippen molar-refractivity contribution in [3.05, 3.63) is 316 Å². The predicted molar refractivity (Wildman–Crippen MR) is 457 cm³/mol. The molecule has 0 heterocycles. The molecule has 0 bridgehead atoms. The molecule has 0 aromatic heterocycles. The molecule has 4 nitrogen and oxygen atoms in total. The van der Waals surface area contributed by atoms with Gasteiger partial charge in [-0.25, -0.2) is 0 Å². The summed E-state index contributed by atoms with van der Waals surface area (Å²) in [4.78, 5) is 0. The smallest absolute Gasteiger partial charge is 0.144 e. The Morgan fingerprint density at radius 2 is 0.336 bits per heavy atom. The van der Waals surface area contributed by atoms with E-state index in [2.05, 4.69) is 390 Å². The maximum atomic E-state index is 15.2. The minimum Gasteiger partial charge on any atom is -0.376 e. The molecule has 0 atom stereocenters.